The number of aromatic nitrogens is 4. The summed E-state index contributed by atoms with van der Waals surface area (Å²) >= 11 is 0. The molecule has 1 aliphatic carbocycles. The second kappa shape index (κ2) is 10.9. The molecule has 2 fully saturated rings. The lowest BCUT2D eigenvalue weighted by Gasteiger charge is -2.45. The fourth-order valence-electron chi connectivity index (χ4n) is 6.05. The Bertz CT molecular complexity index is 1680. The molecule has 3 aromatic heterocycles. The third-order valence-corrected chi connectivity index (χ3v) is 7.99. The second-order valence-corrected chi connectivity index (χ2v) is 12.8. The van der Waals surface area contributed by atoms with Gasteiger partial charge in [0.15, 0.2) is 24.0 Å². The number of benzene rings is 1. The van der Waals surface area contributed by atoms with Crippen LogP contribution in [-0.2, 0) is 16.5 Å². The molecule has 0 spiro atoms. The molecule has 1 saturated heterocycles. The van der Waals surface area contributed by atoms with Gasteiger partial charge < -0.3 is 19.1 Å². The van der Waals surface area contributed by atoms with Crippen molar-refractivity contribution in [1.82, 2.24) is 24.6 Å². The van der Waals surface area contributed by atoms with Crippen molar-refractivity contribution in [3.63, 3.8) is 0 Å². The molecule has 0 N–H and O–H groups in total. The van der Waals surface area contributed by atoms with Crippen LogP contribution >= 0.6 is 0 Å². The summed E-state index contributed by atoms with van der Waals surface area (Å²) in [6, 6.07) is 5.99. The number of carbonyl (C=O) groups is 1. The van der Waals surface area contributed by atoms with Crippen molar-refractivity contribution in [3.05, 3.63) is 42.0 Å². The minimum Gasteiger partial charge on any atom is -0.464 e. The van der Waals surface area contributed by atoms with E-state index in [0.29, 0.717) is 41.3 Å². The highest BCUT2D eigenvalue weighted by Gasteiger charge is 2.36. The number of ether oxygens (including phenoxy) is 3. The maximum Gasteiger partial charge on any atom is 0.410 e. The van der Waals surface area contributed by atoms with E-state index in [1.165, 1.54) is 7.11 Å². The summed E-state index contributed by atoms with van der Waals surface area (Å²) in [7, 11) is 3.26. The Hall–Kier alpha value is -3.99. The predicted octanol–water partition coefficient (Wildman–Crippen LogP) is 6.02. The normalized spacial score (nSPS) is 19.3. The van der Waals surface area contributed by atoms with E-state index in [1.54, 1.807) is 17.9 Å². The number of aryl methyl sites for hydroxylation is 1. The van der Waals surface area contributed by atoms with Crippen LogP contribution in [0.15, 0.2) is 30.6 Å². The summed E-state index contributed by atoms with van der Waals surface area (Å²) in [5, 5.41) is 5.92. The molecule has 1 aliphatic heterocycles. The van der Waals surface area contributed by atoms with Crippen LogP contribution in [0.25, 0.3) is 33.2 Å². The molecule has 2 atom stereocenters. The average Bonchev–Trinajstić information content (AvgIpc) is 3.71. The molecule has 43 heavy (non-hydrogen) atoms. The standard InChI is InChI=1S/C32H39FN6O4/c1-18-14-38(15-19(2)39(18)31(40)43-32(3,4)5)22-11-24-23(20-8-9-20)12-26(35-30(24)34-13-22)25-10-21-16-37(6)36-28(21)27(33)29(25)42-17-41-7/h10-13,16,18-20H,8-9,14-15,17H2,1-7H3/t18-,19+. The number of hydrogen-bond acceptors (Lipinski definition) is 8. The Morgan fingerprint density at radius 2 is 1.84 bits per heavy atom. The quantitative estimate of drug-likeness (QED) is 0.252. The molecule has 0 unspecified atom stereocenters. The Kier molecular flexibility index (Phi) is 7.40. The minimum absolute atomic E-state index is 0.0412. The first-order chi connectivity index (χ1) is 20.4. The van der Waals surface area contributed by atoms with Crippen molar-refractivity contribution in [1.29, 1.82) is 0 Å². The number of piperazine rings is 1. The number of anilines is 1. The Morgan fingerprint density at radius 1 is 1.12 bits per heavy atom. The molecule has 1 amide bonds. The van der Waals surface area contributed by atoms with Gasteiger partial charge in [-0.05, 0) is 77.1 Å². The van der Waals surface area contributed by atoms with Gasteiger partial charge in [0.2, 0.25) is 0 Å². The monoisotopic (exact) mass is 590 g/mol. The summed E-state index contributed by atoms with van der Waals surface area (Å²) in [5.41, 5.74) is 3.54. The van der Waals surface area contributed by atoms with Gasteiger partial charge in [-0.25, -0.2) is 19.2 Å². The number of carbonyl (C=O) groups excluding carboxylic acids is 1. The van der Waals surface area contributed by atoms with Crippen molar-refractivity contribution < 1.29 is 23.4 Å². The minimum atomic E-state index is -0.548. The lowest BCUT2D eigenvalue weighted by atomic mass is 10.0. The van der Waals surface area contributed by atoms with E-state index in [0.717, 1.165) is 29.5 Å². The highest BCUT2D eigenvalue weighted by atomic mass is 19.1. The molecule has 1 aromatic carbocycles. The largest absolute Gasteiger partial charge is 0.464 e. The maximum absolute atomic E-state index is 15.7. The van der Waals surface area contributed by atoms with E-state index in [-0.39, 0.29) is 36.2 Å². The van der Waals surface area contributed by atoms with Crippen LogP contribution in [-0.4, -0.2) is 75.4 Å². The number of nitrogens with zero attached hydrogens (tertiary/aromatic N) is 6. The average molecular weight is 591 g/mol. The number of methoxy groups -OCH3 is 1. The van der Waals surface area contributed by atoms with Crippen molar-refractivity contribution in [2.45, 2.75) is 71.1 Å². The molecule has 1 saturated carbocycles. The third-order valence-electron chi connectivity index (χ3n) is 7.99. The zero-order chi connectivity index (χ0) is 30.6. The first-order valence-corrected chi connectivity index (χ1v) is 14.8. The van der Waals surface area contributed by atoms with Crippen LogP contribution in [0, 0.1) is 5.82 Å². The molecule has 6 rings (SSSR count). The van der Waals surface area contributed by atoms with Crippen LogP contribution in [0.5, 0.6) is 5.75 Å². The molecule has 0 radical (unpaired) electrons. The van der Waals surface area contributed by atoms with E-state index >= 15 is 4.39 Å². The molecule has 10 nitrogen and oxygen atoms in total. The predicted molar refractivity (Wildman–Crippen MR) is 163 cm³/mol. The van der Waals surface area contributed by atoms with E-state index < -0.39 is 11.4 Å². The zero-order valence-electron chi connectivity index (χ0n) is 25.8. The van der Waals surface area contributed by atoms with Gasteiger partial charge in [-0.1, -0.05) is 0 Å². The van der Waals surface area contributed by atoms with Crippen molar-refractivity contribution in [2.75, 3.05) is 31.9 Å². The van der Waals surface area contributed by atoms with Crippen molar-refractivity contribution in [2.24, 2.45) is 7.05 Å². The van der Waals surface area contributed by atoms with Gasteiger partial charge in [0.25, 0.3) is 0 Å². The summed E-state index contributed by atoms with van der Waals surface area (Å²) < 4.78 is 33.8. The first kappa shape index (κ1) is 29.1. The van der Waals surface area contributed by atoms with Crippen molar-refractivity contribution >= 4 is 33.7 Å². The molecule has 4 heterocycles. The van der Waals surface area contributed by atoms with Crippen molar-refractivity contribution in [3.8, 4) is 17.0 Å². The molecular weight excluding hydrogens is 551 g/mol. The molecule has 11 heteroatoms. The van der Waals surface area contributed by atoms with Gasteiger partial charge >= 0.3 is 6.09 Å². The van der Waals surface area contributed by atoms with Crippen LogP contribution in [0.1, 0.15) is 58.9 Å². The Morgan fingerprint density at radius 3 is 2.49 bits per heavy atom. The van der Waals surface area contributed by atoms with Crippen LogP contribution in [0.4, 0.5) is 14.9 Å². The summed E-state index contributed by atoms with van der Waals surface area (Å²) in [6.07, 6.45) is 5.49. The molecule has 228 valence electrons. The fraction of sp³-hybridized carbons (Fsp3) is 0.500. The lowest BCUT2D eigenvalue weighted by Crippen LogP contribution is -2.59. The van der Waals surface area contributed by atoms with Gasteiger partial charge in [0, 0.05) is 49.8 Å². The van der Waals surface area contributed by atoms with Gasteiger partial charge in [0.05, 0.1) is 29.7 Å². The highest BCUT2D eigenvalue weighted by Crippen LogP contribution is 2.46. The summed E-state index contributed by atoms with van der Waals surface area (Å²) in [4.78, 5) is 26.8. The number of rotatable bonds is 6. The topological polar surface area (TPSA) is 94.8 Å². The van der Waals surface area contributed by atoms with E-state index in [1.807, 2.05) is 57.8 Å². The zero-order valence-corrected chi connectivity index (χ0v) is 25.8. The smallest absolute Gasteiger partial charge is 0.410 e. The van der Waals surface area contributed by atoms with E-state index in [9.17, 15) is 4.79 Å². The van der Waals surface area contributed by atoms with Gasteiger partial charge in [-0.2, -0.15) is 5.10 Å². The Balaban J connectivity index is 1.37. The van der Waals surface area contributed by atoms with E-state index in [4.69, 9.17) is 24.2 Å². The molecule has 4 aromatic rings. The van der Waals surface area contributed by atoms with Gasteiger partial charge in [-0.3, -0.25) is 9.58 Å². The first-order valence-electron chi connectivity index (χ1n) is 14.8. The summed E-state index contributed by atoms with van der Waals surface area (Å²) in [5.74, 6) is -0.0975. The SMILES string of the molecule is COCOc1c(-c2cc(C3CC3)c3cc(N4C[C@@H](C)N(C(=O)OC(C)(C)C)[C@@H](C)C4)cnc3n2)cc2cn(C)nc2c1F. The van der Waals surface area contributed by atoms with Gasteiger partial charge in [-0.15, -0.1) is 0 Å². The van der Waals surface area contributed by atoms with Crippen LogP contribution < -0.4 is 9.64 Å². The molecule has 2 aliphatic rings. The number of hydrogen-bond donors (Lipinski definition) is 0. The van der Waals surface area contributed by atoms with E-state index in [2.05, 4.69) is 16.1 Å². The van der Waals surface area contributed by atoms with Crippen LogP contribution in [0.2, 0.25) is 0 Å². The summed E-state index contributed by atoms with van der Waals surface area (Å²) in [6.45, 7) is 11.0. The maximum atomic E-state index is 15.7. The third kappa shape index (κ3) is 5.70. The second-order valence-electron chi connectivity index (χ2n) is 12.8. The molecule has 0 bridgehead atoms. The highest BCUT2D eigenvalue weighted by molar-refractivity contribution is 5.91. The number of halogens is 1. The fourth-order valence-corrected chi connectivity index (χ4v) is 6.05. The lowest BCUT2D eigenvalue weighted by molar-refractivity contribution is 0.00565. The number of fused-ring (bicyclic) bond motifs is 2. The Labute approximate surface area is 250 Å². The van der Waals surface area contributed by atoms with Gasteiger partial charge in [0.1, 0.15) is 11.1 Å². The number of amides is 1. The van der Waals surface area contributed by atoms with Crippen LogP contribution in [0.3, 0.4) is 0 Å². The molecular formula is C32H39FN6O4. The number of pyridine rings is 2.